The summed E-state index contributed by atoms with van der Waals surface area (Å²) >= 11 is 0. The molecule has 1 aliphatic heterocycles. The molecule has 0 bridgehead atoms. The topological polar surface area (TPSA) is 42.9 Å². The molecule has 144 valence electrons. The van der Waals surface area contributed by atoms with Gasteiger partial charge in [-0.2, -0.15) is 0 Å². The lowest BCUT2D eigenvalue weighted by molar-refractivity contribution is 0.116. The molecule has 1 aromatic carbocycles. The summed E-state index contributed by atoms with van der Waals surface area (Å²) < 4.78 is 13.6. The quantitative estimate of drug-likeness (QED) is 0.597. The maximum absolute atomic E-state index is 13.6. The molecule has 1 saturated carbocycles. The summed E-state index contributed by atoms with van der Waals surface area (Å²) in [5, 5.41) is 6.85. The molecular weight excluding hydrogens is 329 g/mol. The molecule has 1 atom stereocenters. The van der Waals surface area contributed by atoms with Gasteiger partial charge in [0.1, 0.15) is 5.82 Å². The van der Waals surface area contributed by atoms with E-state index in [-0.39, 0.29) is 11.2 Å². The molecule has 5 nitrogen and oxygen atoms in total. The molecule has 1 aromatic rings. The van der Waals surface area contributed by atoms with Gasteiger partial charge in [0.25, 0.3) is 0 Å². The second-order valence-corrected chi connectivity index (χ2v) is 7.76. The van der Waals surface area contributed by atoms with Gasteiger partial charge in [-0.1, -0.05) is 12.1 Å². The number of nitrogens with one attached hydrogen (secondary N) is 2. The Morgan fingerprint density at radius 1 is 1.27 bits per heavy atom. The normalized spacial score (nSPS) is 23.7. The fourth-order valence-electron chi connectivity index (χ4n) is 3.62. The number of hydrogen-bond acceptors (Lipinski definition) is 3. The van der Waals surface area contributed by atoms with E-state index in [4.69, 9.17) is 4.99 Å². The van der Waals surface area contributed by atoms with E-state index in [1.165, 1.54) is 6.07 Å². The Hall–Kier alpha value is -1.66. The zero-order valence-electron chi connectivity index (χ0n) is 16.3. The molecule has 0 aromatic heterocycles. The highest BCUT2D eigenvalue weighted by Crippen LogP contribution is 2.48. The molecule has 0 radical (unpaired) electrons. The molecule has 1 unspecified atom stereocenters. The number of aliphatic imine (C=N–C) groups is 1. The average molecular weight is 362 g/mol. The number of hydrogen-bond donors (Lipinski definition) is 2. The van der Waals surface area contributed by atoms with Gasteiger partial charge < -0.3 is 15.5 Å². The monoisotopic (exact) mass is 361 g/mol. The van der Waals surface area contributed by atoms with Crippen molar-refractivity contribution in [2.75, 3.05) is 53.4 Å². The molecule has 0 spiro atoms. The lowest BCUT2D eigenvalue weighted by Crippen LogP contribution is -2.55. The minimum absolute atomic E-state index is 0.0201. The lowest BCUT2D eigenvalue weighted by atomic mass is 9.96. The minimum atomic E-state index is -0.160. The number of nitrogens with zero attached hydrogens (tertiary/aromatic N) is 3. The van der Waals surface area contributed by atoms with Crippen LogP contribution in [0.1, 0.15) is 25.3 Å². The van der Waals surface area contributed by atoms with Crippen LogP contribution in [0.4, 0.5) is 4.39 Å². The first-order chi connectivity index (χ1) is 12.5. The fraction of sp³-hybridized carbons (Fsp3) is 0.650. The van der Waals surface area contributed by atoms with Crippen molar-refractivity contribution < 1.29 is 4.39 Å². The van der Waals surface area contributed by atoms with Crippen LogP contribution in [-0.2, 0) is 5.41 Å². The molecule has 2 fully saturated rings. The predicted molar refractivity (Wildman–Crippen MR) is 105 cm³/mol. The van der Waals surface area contributed by atoms with E-state index in [0.29, 0.717) is 12.6 Å². The smallest absolute Gasteiger partial charge is 0.191 e. The van der Waals surface area contributed by atoms with E-state index in [9.17, 15) is 4.39 Å². The van der Waals surface area contributed by atoms with Crippen molar-refractivity contribution in [1.82, 2.24) is 20.4 Å². The summed E-state index contributed by atoms with van der Waals surface area (Å²) in [4.78, 5) is 9.60. The van der Waals surface area contributed by atoms with E-state index in [1.54, 1.807) is 12.1 Å². The molecule has 2 N–H and O–H groups in total. The zero-order chi connectivity index (χ0) is 18.6. The van der Waals surface area contributed by atoms with Crippen molar-refractivity contribution in [2.24, 2.45) is 4.99 Å². The Labute approximate surface area is 156 Å². The number of guanidine groups is 1. The third-order valence-corrected chi connectivity index (χ3v) is 5.66. The summed E-state index contributed by atoms with van der Waals surface area (Å²) in [5.74, 6) is 0.698. The standard InChI is InChI=1S/C20H32FN5/c1-4-22-19(23-13-18-14-25(2)10-11-26(18)3)24-15-20(8-9-20)16-6-5-7-17(21)12-16/h5-7,12,18H,4,8-11,13-15H2,1-3H3,(H2,22,23,24). The number of rotatable bonds is 6. The maximum atomic E-state index is 13.6. The van der Waals surface area contributed by atoms with Crippen molar-refractivity contribution in [2.45, 2.75) is 31.2 Å². The SMILES string of the molecule is CCNC(=NCC1(c2cccc(F)c2)CC1)NCC1CN(C)CCN1C. The van der Waals surface area contributed by atoms with Crippen LogP contribution in [-0.4, -0.2) is 75.2 Å². The Morgan fingerprint density at radius 2 is 2.08 bits per heavy atom. The lowest BCUT2D eigenvalue weighted by Gasteiger charge is -2.38. The summed E-state index contributed by atoms with van der Waals surface area (Å²) in [6, 6.07) is 7.48. The van der Waals surface area contributed by atoms with Gasteiger partial charge in [-0.15, -0.1) is 0 Å². The first kappa shape index (κ1) is 19.1. The number of piperazine rings is 1. The molecule has 1 aliphatic carbocycles. The molecule has 2 aliphatic rings. The van der Waals surface area contributed by atoms with E-state index in [0.717, 1.165) is 57.1 Å². The van der Waals surface area contributed by atoms with Crippen LogP contribution < -0.4 is 10.6 Å². The first-order valence-corrected chi connectivity index (χ1v) is 9.69. The highest BCUT2D eigenvalue weighted by Gasteiger charge is 2.44. The van der Waals surface area contributed by atoms with Crippen LogP contribution in [0.15, 0.2) is 29.3 Å². The number of likely N-dealkylation sites (N-methyl/N-ethyl adjacent to an activating group) is 2. The van der Waals surface area contributed by atoms with Crippen LogP contribution in [0, 0.1) is 5.82 Å². The van der Waals surface area contributed by atoms with Gasteiger partial charge in [-0.05, 0) is 51.6 Å². The number of halogens is 1. The molecule has 3 rings (SSSR count). The maximum Gasteiger partial charge on any atom is 0.191 e. The van der Waals surface area contributed by atoms with Crippen molar-refractivity contribution >= 4 is 5.96 Å². The van der Waals surface area contributed by atoms with Crippen molar-refractivity contribution in [3.63, 3.8) is 0 Å². The van der Waals surface area contributed by atoms with Crippen molar-refractivity contribution in [1.29, 1.82) is 0 Å². The summed E-state index contributed by atoms with van der Waals surface area (Å²) in [6.45, 7) is 7.77. The molecular formula is C20H32FN5. The van der Waals surface area contributed by atoms with E-state index >= 15 is 0 Å². The third-order valence-electron chi connectivity index (χ3n) is 5.66. The largest absolute Gasteiger partial charge is 0.357 e. The average Bonchev–Trinajstić information content (AvgIpc) is 3.41. The Bertz CT molecular complexity index is 628. The second-order valence-electron chi connectivity index (χ2n) is 7.76. The Morgan fingerprint density at radius 3 is 2.77 bits per heavy atom. The number of benzene rings is 1. The van der Waals surface area contributed by atoms with Crippen molar-refractivity contribution in [3.05, 3.63) is 35.6 Å². The summed E-state index contributed by atoms with van der Waals surface area (Å²) in [6.07, 6.45) is 2.16. The minimum Gasteiger partial charge on any atom is -0.357 e. The van der Waals surface area contributed by atoms with Crippen molar-refractivity contribution in [3.8, 4) is 0 Å². The van der Waals surface area contributed by atoms with Crippen LogP contribution in [0.3, 0.4) is 0 Å². The van der Waals surface area contributed by atoms with Gasteiger partial charge in [-0.25, -0.2) is 4.39 Å². The van der Waals surface area contributed by atoms with E-state index in [1.807, 2.05) is 6.07 Å². The zero-order valence-corrected chi connectivity index (χ0v) is 16.3. The first-order valence-electron chi connectivity index (χ1n) is 9.69. The molecule has 1 heterocycles. The van der Waals surface area contributed by atoms with Crippen LogP contribution in [0.25, 0.3) is 0 Å². The summed E-state index contributed by atoms with van der Waals surface area (Å²) in [7, 11) is 4.36. The van der Waals surface area contributed by atoms with Crippen LogP contribution in [0.2, 0.25) is 0 Å². The second kappa shape index (κ2) is 8.35. The molecule has 0 amide bonds. The molecule has 6 heteroatoms. The molecule has 26 heavy (non-hydrogen) atoms. The van der Waals surface area contributed by atoms with Gasteiger partial charge >= 0.3 is 0 Å². The molecule has 1 saturated heterocycles. The third kappa shape index (κ3) is 4.74. The highest BCUT2D eigenvalue weighted by molar-refractivity contribution is 5.79. The van der Waals surface area contributed by atoms with E-state index in [2.05, 4.69) is 41.5 Å². The van der Waals surface area contributed by atoms with Gasteiger partial charge in [0.2, 0.25) is 0 Å². The van der Waals surface area contributed by atoms with E-state index < -0.39 is 0 Å². The van der Waals surface area contributed by atoms with Crippen LogP contribution in [0.5, 0.6) is 0 Å². The van der Waals surface area contributed by atoms with Gasteiger partial charge in [-0.3, -0.25) is 9.89 Å². The Kier molecular flexibility index (Phi) is 6.14. The van der Waals surface area contributed by atoms with Crippen LogP contribution >= 0.6 is 0 Å². The highest BCUT2D eigenvalue weighted by atomic mass is 19.1. The van der Waals surface area contributed by atoms with Gasteiger partial charge in [0.05, 0.1) is 6.54 Å². The van der Waals surface area contributed by atoms with Gasteiger partial charge in [0.15, 0.2) is 5.96 Å². The van der Waals surface area contributed by atoms with Gasteiger partial charge in [0, 0.05) is 44.2 Å². The fourth-order valence-corrected chi connectivity index (χ4v) is 3.62. The summed E-state index contributed by atoms with van der Waals surface area (Å²) in [5.41, 5.74) is 1.09. The Balaban J connectivity index is 1.60. The predicted octanol–water partition coefficient (Wildman–Crippen LogP) is 1.66.